The fraction of sp³-hybridized carbons (Fsp3) is 0.526. The van der Waals surface area contributed by atoms with Gasteiger partial charge in [0.25, 0.3) is 5.91 Å². The van der Waals surface area contributed by atoms with Gasteiger partial charge in [0.05, 0.1) is 5.56 Å². The molecule has 2 aromatic heterocycles. The summed E-state index contributed by atoms with van der Waals surface area (Å²) in [6.45, 7) is 2.90. The third-order valence-corrected chi connectivity index (χ3v) is 4.09. The summed E-state index contributed by atoms with van der Waals surface area (Å²) in [7, 11) is 0. The van der Waals surface area contributed by atoms with E-state index in [2.05, 4.69) is 22.2 Å². The zero-order valence-corrected chi connectivity index (χ0v) is 15.0. The van der Waals surface area contributed by atoms with Gasteiger partial charge >= 0.3 is 0 Å². The van der Waals surface area contributed by atoms with Gasteiger partial charge in [-0.1, -0.05) is 51.9 Å². The lowest BCUT2D eigenvalue weighted by molar-refractivity contribution is 0.0948. The smallest absolute Gasteiger partial charge is 0.273 e. The molecule has 0 aliphatic heterocycles. The van der Waals surface area contributed by atoms with E-state index in [0.717, 1.165) is 12.8 Å². The van der Waals surface area contributed by atoms with Crippen LogP contribution in [0.25, 0.3) is 11.5 Å². The van der Waals surface area contributed by atoms with E-state index in [-0.39, 0.29) is 11.6 Å². The second-order valence-corrected chi connectivity index (χ2v) is 6.24. The Kier molecular flexibility index (Phi) is 7.95. The predicted molar refractivity (Wildman–Crippen MR) is 99.1 cm³/mol. The maximum atomic E-state index is 12.1. The lowest BCUT2D eigenvalue weighted by Crippen LogP contribution is -2.24. The van der Waals surface area contributed by atoms with E-state index in [1.807, 2.05) is 0 Å². The lowest BCUT2D eigenvalue weighted by atomic mass is 10.1. The highest BCUT2D eigenvalue weighted by Gasteiger charge is 2.13. The molecule has 2 rings (SSSR count). The van der Waals surface area contributed by atoms with Crippen molar-refractivity contribution in [2.75, 3.05) is 12.3 Å². The zero-order valence-electron chi connectivity index (χ0n) is 15.0. The Morgan fingerprint density at radius 3 is 2.52 bits per heavy atom. The molecule has 25 heavy (non-hydrogen) atoms. The number of oxazole rings is 1. The minimum Gasteiger partial charge on any atom is -0.444 e. The molecule has 6 nitrogen and oxygen atoms in total. The van der Waals surface area contributed by atoms with Crippen LogP contribution in [0.4, 0.5) is 5.82 Å². The third-order valence-electron chi connectivity index (χ3n) is 4.09. The van der Waals surface area contributed by atoms with Crippen molar-refractivity contribution < 1.29 is 9.21 Å². The molecular formula is C19H28N4O2. The van der Waals surface area contributed by atoms with E-state index in [1.54, 1.807) is 18.3 Å². The largest absolute Gasteiger partial charge is 0.444 e. The standard InChI is InChI=1S/C19H28N4O2/c1-2-3-4-5-6-7-8-9-12-21-18(24)16-14-25-19(23-16)15-10-11-17(20)22-13-15/h10-11,13-14H,2-9,12H2,1H3,(H2,20,22)(H,21,24). The molecule has 2 heterocycles. The van der Waals surface area contributed by atoms with Crippen molar-refractivity contribution in [1.29, 1.82) is 0 Å². The van der Waals surface area contributed by atoms with Crippen molar-refractivity contribution in [2.45, 2.75) is 58.3 Å². The first-order valence-corrected chi connectivity index (χ1v) is 9.16. The number of anilines is 1. The molecule has 0 bridgehead atoms. The number of carbonyl (C=O) groups excluding carboxylic acids is 1. The first-order chi connectivity index (χ1) is 12.2. The Labute approximate surface area is 149 Å². The topological polar surface area (TPSA) is 94.0 Å². The molecule has 0 radical (unpaired) electrons. The summed E-state index contributed by atoms with van der Waals surface area (Å²) < 4.78 is 5.35. The SMILES string of the molecule is CCCCCCCCCCNC(=O)c1coc(-c2ccc(N)nc2)n1. The Hall–Kier alpha value is -2.37. The van der Waals surface area contributed by atoms with Crippen LogP contribution in [0.15, 0.2) is 29.0 Å². The van der Waals surface area contributed by atoms with Gasteiger partial charge in [-0.25, -0.2) is 9.97 Å². The molecule has 2 aromatic rings. The van der Waals surface area contributed by atoms with Crippen molar-refractivity contribution in [3.8, 4) is 11.5 Å². The van der Waals surface area contributed by atoms with Gasteiger partial charge in [0.2, 0.25) is 5.89 Å². The number of hydrogen-bond acceptors (Lipinski definition) is 5. The minimum atomic E-state index is -0.207. The number of aromatic nitrogens is 2. The van der Waals surface area contributed by atoms with Gasteiger partial charge < -0.3 is 15.5 Å². The van der Waals surface area contributed by atoms with E-state index in [1.165, 1.54) is 44.8 Å². The molecule has 0 aliphatic rings. The number of nitrogens with zero attached hydrogens (tertiary/aromatic N) is 2. The van der Waals surface area contributed by atoms with Crippen LogP contribution in [0.3, 0.4) is 0 Å². The summed E-state index contributed by atoms with van der Waals surface area (Å²) >= 11 is 0. The normalized spacial score (nSPS) is 10.8. The third kappa shape index (κ3) is 6.57. The summed E-state index contributed by atoms with van der Waals surface area (Å²) in [5, 5.41) is 2.89. The summed E-state index contributed by atoms with van der Waals surface area (Å²) in [6, 6.07) is 3.43. The number of nitrogens with one attached hydrogen (secondary N) is 1. The van der Waals surface area contributed by atoms with E-state index >= 15 is 0 Å². The van der Waals surface area contributed by atoms with Crippen LogP contribution >= 0.6 is 0 Å². The Morgan fingerprint density at radius 2 is 1.84 bits per heavy atom. The Morgan fingerprint density at radius 1 is 1.12 bits per heavy atom. The highest BCUT2D eigenvalue weighted by molar-refractivity contribution is 5.92. The number of carbonyl (C=O) groups is 1. The number of pyridine rings is 1. The summed E-state index contributed by atoms with van der Waals surface area (Å²) in [5.41, 5.74) is 6.53. The van der Waals surface area contributed by atoms with Crippen LogP contribution in [-0.4, -0.2) is 22.4 Å². The molecule has 0 saturated heterocycles. The second-order valence-electron chi connectivity index (χ2n) is 6.24. The number of amides is 1. The van der Waals surface area contributed by atoms with Crippen molar-refractivity contribution in [1.82, 2.24) is 15.3 Å². The van der Waals surface area contributed by atoms with Gasteiger partial charge in [0.15, 0.2) is 5.69 Å². The van der Waals surface area contributed by atoms with Crippen LogP contribution in [0.1, 0.15) is 68.8 Å². The zero-order chi connectivity index (χ0) is 17.9. The second kappa shape index (κ2) is 10.5. The molecule has 0 spiro atoms. The molecule has 0 unspecified atom stereocenters. The fourth-order valence-corrected chi connectivity index (χ4v) is 2.59. The van der Waals surface area contributed by atoms with Gasteiger partial charge in [0.1, 0.15) is 12.1 Å². The summed E-state index contributed by atoms with van der Waals surface area (Å²) in [5.74, 6) is 0.588. The highest BCUT2D eigenvalue weighted by Crippen LogP contribution is 2.18. The van der Waals surface area contributed by atoms with Gasteiger partial charge in [-0.3, -0.25) is 4.79 Å². The molecule has 0 fully saturated rings. The van der Waals surface area contributed by atoms with Crippen LogP contribution in [0.2, 0.25) is 0 Å². The van der Waals surface area contributed by atoms with E-state index in [4.69, 9.17) is 10.2 Å². The monoisotopic (exact) mass is 344 g/mol. The number of rotatable bonds is 11. The molecular weight excluding hydrogens is 316 g/mol. The van der Waals surface area contributed by atoms with Crippen LogP contribution in [-0.2, 0) is 0 Å². The molecule has 0 saturated carbocycles. The fourth-order valence-electron chi connectivity index (χ4n) is 2.59. The van der Waals surface area contributed by atoms with Crippen molar-refractivity contribution in [2.24, 2.45) is 0 Å². The van der Waals surface area contributed by atoms with Gasteiger partial charge in [-0.2, -0.15) is 0 Å². The number of unbranched alkanes of at least 4 members (excludes halogenated alkanes) is 7. The molecule has 0 aliphatic carbocycles. The van der Waals surface area contributed by atoms with Crippen molar-refractivity contribution in [3.63, 3.8) is 0 Å². The van der Waals surface area contributed by atoms with Crippen LogP contribution < -0.4 is 11.1 Å². The predicted octanol–water partition coefficient (Wildman–Crippen LogP) is 4.19. The average molecular weight is 344 g/mol. The van der Waals surface area contributed by atoms with Crippen LogP contribution in [0, 0.1) is 0 Å². The lowest BCUT2D eigenvalue weighted by Gasteiger charge is -2.03. The molecule has 3 N–H and O–H groups in total. The van der Waals surface area contributed by atoms with Gasteiger partial charge in [0, 0.05) is 12.7 Å². The molecule has 6 heteroatoms. The maximum Gasteiger partial charge on any atom is 0.273 e. The number of nitrogen functional groups attached to an aromatic ring is 1. The summed E-state index contributed by atoms with van der Waals surface area (Å²) in [4.78, 5) is 20.3. The van der Waals surface area contributed by atoms with E-state index < -0.39 is 0 Å². The number of hydrogen-bond donors (Lipinski definition) is 2. The molecule has 1 amide bonds. The quantitative estimate of drug-likeness (QED) is 0.596. The maximum absolute atomic E-state index is 12.1. The molecule has 136 valence electrons. The van der Waals surface area contributed by atoms with E-state index in [9.17, 15) is 4.79 Å². The first-order valence-electron chi connectivity index (χ1n) is 9.16. The summed E-state index contributed by atoms with van der Waals surface area (Å²) in [6.07, 6.45) is 12.9. The number of nitrogens with two attached hydrogens (primary N) is 1. The average Bonchev–Trinajstić information content (AvgIpc) is 3.11. The van der Waals surface area contributed by atoms with Crippen LogP contribution in [0.5, 0.6) is 0 Å². The first kappa shape index (κ1) is 19.0. The van der Waals surface area contributed by atoms with Gasteiger partial charge in [-0.15, -0.1) is 0 Å². The Bertz CT molecular complexity index is 637. The van der Waals surface area contributed by atoms with E-state index in [0.29, 0.717) is 23.8 Å². The Balaban J connectivity index is 1.65. The molecule has 0 aromatic carbocycles. The highest BCUT2D eigenvalue weighted by atomic mass is 16.3. The molecule has 0 atom stereocenters. The van der Waals surface area contributed by atoms with Gasteiger partial charge in [-0.05, 0) is 18.6 Å². The van der Waals surface area contributed by atoms with Crippen molar-refractivity contribution >= 4 is 11.7 Å². The minimum absolute atomic E-state index is 0.207. The van der Waals surface area contributed by atoms with Crippen molar-refractivity contribution in [3.05, 3.63) is 30.3 Å².